The summed E-state index contributed by atoms with van der Waals surface area (Å²) >= 11 is 3.31. The predicted octanol–water partition coefficient (Wildman–Crippen LogP) is 3.10. The van der Waals surface area contributed by atoms with Gasteiger partial charge in [0, 0.05) is 5.56 Å². The minimum Gasteiger partial charge on any atom is -0.496 e. The van der Waals surface area contributed by atoms with E-state index < -0.39 is 11.8 Å². The molecule has 0 bridgehead atoms. The van der Waals surface area contributed by atoms with Crippen molar-refractivity contribution in [2.75, 3.05) is 13.7 Å². The number of rotatable bonds is 6. The summed E-state index contributed by atoms with van der Waals surface area (Å²) in [6.45, 7) is 3.84. The van der Waals surface area contributed by atoms with Crippen LogP contribution in [0.5, 0.6) is 11.5 Å². The van der Waals surface area contributed by atoms with Gasteiger partial charge in [0.1, 0.15) is 18.1 Å². The molecule has 0 aliphatic rings. The van der Waals surface area contributed by atoms with Crippen LogP contribution in [0.2, 0.25) is 0 Å². The highest BCUT2D eigenvalue weighted by Crippen LogP contribution is 2.25. The molecule has 2 aromatic rings. The number of hydrazine groups is 1. The molecule has 0 spiro atoms. The number of nitrogens with one attached hydrogen (secondary N) is 2. The first-order valence-electron chi connectivity index (χ1n) is 7.33. The van der Waals surface area contributed by atoms with Gasteiger partial charge in [0.25, 0.3) is 11.8 Å². The largest absolute Gasteiger partial charge is 0.496 e. The zero-order valence-corrected chi connectivity index (χ0v) is 15.1. The van der Waals surface area contributed by atoms with E-state index in [9.17, 15) is 9.59 Å². The molecule has 0 unspecified atom stereocenters. The molecule has 7 heteroatoms. The van der Waals surface area contributed by atoms with Crippen molar-refractivity contribution in [3.05, 3.63) is 70.7 Å². The maximum atomic E-state index is 12.3. The number of carbonyl (C=O) groups excluding carboxylic acids is 2. The Morgan fingerprint density at radius 3 is 2.52 bits per heavy atom. The second kappa shape index (κ2) is 8.89. The average molecular weight is 405 g/mol. The molecule has 0 aliphatic heterocycles. The van der Waals surface area contributed by atoms with Crippen molar-refractivity contribution in [2.45, 2.75) is 0 Å². The first kappa shape index (κ1) is 18.5. The Morgan fingerprint density at radius 2 is 1.84 bits per heavy atom. The number of methoxy groups -OCH3 is 1. The monoisotopic (exact) mass is 404 g/mol. The van der Waals surface area contributed by atoms with Crippen LogP contribution >= 0.6 is 15.9 Å². The molecule has 0 radical (unpaired) electrons. The van der Waals surface area contributed by atoms with Gasteiger partial charge in [0.05, 0.1) is 17.1 Å². The summed E-state index contributed by atoms with van der Waals surface area (Å²) in [5, 5.41) is 0. The number of para-hydroxylation sites is 1. The van der Waals surface area contributed by atoms with E-state index in [1.807, 2.05) is 0 Å². The van der Waals surface area contributed by atoms with E-state index in [0.29, 0.717) is 27.1 Å². The average Bonchev–Trinajstić information content (AvgIpc) is 2.64. The number of amides is 2. The highest BCUT2D eigenvalue weighted by atomic mass is 79.9. The van der Waals surface area contributed by atoms with E-state index in [2.05, 4.69) is 33.4 Å². The van der Waals surface area contributed by atoms with Gasteiger partial charge in [-0.15, -0.1) is 0 Å². The summed E-state index contributed by atoms with van der Waals surface area (Å²) in [5.41, 5.74) is 5.41. The molecule has 2 amide bonds. The van der Waals surface area contributed by atoms with Gasteiger partial charge in [-0.2, -0.15) is 0 Å². The molecule has 2 rings (SSSR count). The molecular weight excluding hydrogens is 388 g/mol. The quantitative estimate of drug-likeness (QED) is 0.572. The van der Waals surface area contributed by atoms with Crippen LogP contribution in [0.25, 0.3) is 0 Å². The van der Waals surface area contributed by atoms with E-state index in [1.54, 1.807) is 48.5 Å². The third kappa shape index (κ3) is 4.84. The van der Waals surface area contributed by atoms with Crippen molar-refractivity contribution in [3.8, 4) is 11.5 Å². The standard InChI is InChI=1S/C18H17BrN2O4/c1-3-10-25-15-7-5-4-6-13(15)18(23)21-20-17(22)12-8-9-16(24-2)14(19)11-12/h3-9,11H,1,10H2,2H3,(H,20,22)(H,21,23). The Bertz CT molecular complexity index is 792. The summed E-state index contributed by atoms with van der Waals surface area (Å²) < 4.78 is 11.2. The van der Waals surface area contributed by atoms with E-state index >= 15 is 0 Å². The van der Waals surface area contributed by atoms with Gasteiger partial charge in [0.15, 0.2) is 0 Å². The molecule has 130 valence electrons. The number of ether oxygens (including phenoxy) is 2. The fraction of sp³-hybridized carbons (Fsp3) is 0.111. The fourth-order valence-corrected chi connectivity index (χ4v) is 2.53. The summed E-state index contributed by atoms with van der Waals surface area (Å²) in [5.74, 6) is 0.0667. The van der Waals surface area contributed by atoms with Crippen LogP contribution in [0.15, 0.2) is 59.6 Å². The molecule has 6 nitrogen and oxygen atoms in total. The van der Waals surface area contributed by atoms with Gasteiger partial charge in [0.2, 0.25) is 0 Å². The predicted molar refractivity (Wildman–Crippen MR) is 97.8 cm³/mol. The van der Waals surface area contributed by atoms with Crippen LogP contribution < -0.4 is 20.3 Å². The second-order valence-electron chi connectivity index (χ2n) is 4.85. The maximum absolute atomic E-state index is 12.3. The highest BCUT2D eigenvalue weighted by molar-refractivity contribution is 9.10. The highest BCUT2D eigenvalue weighted by Gasteiger charge is 2.14. The lowest BCUT2D eigenvalue weighted by Crippen LogP contribution is -2.41. The molecule has 0 heterocycles. The van der Waals surface area contributed by atoms with Crippen LogP contribution in [0.4, 0.5) is 0 Å². The van der Waals surface area contributed by atoms with Crippen molar-refractivity contribution in [1.82, 2.24) is 10.9 Å². The Morgan fingerprint density at radius 1 is 1.12 bits per heavy atom. The Kier molecular flexibility index (Phi) is 6.59. The molecule has 0 saturated heterocycles. The van der Waals surface area contributed by atoms with Gasteiger partial charge in [-0.25, -0.2) is 0 Å². The smallest absolute Gasteiger partial charge is 0.273 e. The van der Waals surface area contributed by atoms with Crippen LogP contribution in [-0.2, 0) is 0 Å². The SMILES string of the molecule is C=CCOc1ccccc1C(=O)NNC(=O)c1ccc(OC)c(Br)c1. The molecule has 25 heavy (non-hydrogen) atoms. The normalized spacial score (nSPS) is 9.84. The number of halogens is 1. The van der Waals surface area contributed by atoms with Crippen molar-refractivity contribution in [2.24, 2.45) is 0 Å². The summed E-state index contributed by atoms with van der Waals surface area (Å²) in [7, 11) is 1.53. The summed E-state index contributed by atoms with van der Waals surface area (Å²) in [6, 6.07) is 11.6. The third-order valence-corrected chi connectivity index (χ3v) is 3.81. The first-order chi connectivity index (χ1) is 12.1. The lowest BCUT2D eigenvalue weighted by atomic mass is 10.2. The second-order valence-corrected chi connectivity index (χ2v) is 5.71. The zero-order chi connectivity index (χ0) is 18.2. The molecule has 0 aliphatic carbocycles. The minimum atomic E-state index is -0.486. The molecule has 0 atom stereocenters. The van der Waals surface area contributed by atoms with Gasteiger partial charge in [-0.1, -0.05) is 24.8 Å². The fourth-order valence-electron chi connectivity index (χ4n) is 1.99. The minimum absolute atomic E-state index is 0.274. The van der Waals surface area contributed by atoms with Crippen molar-refractivity contribution < 1.29 is 19.1 Å². The van der Waals surface area contributed by atoms with E-state index in [-0.39, 0.29) is 6.61 Å². The Labute approximate surface area is 153 Å². The molecule has 0 saturated carbocycles. The number of benzene rings is 2. The summed E-state index contributed by atoms with van der Waals surface area (Å²) in [4.78, 5) is 24.4. The summed E-state index contributed by atoms with van der Waals surface area (Å²) in [6.07, 6.45) is 1.58. The van der Waals surface area contributed by atoms with Crippen molar-refractivity contribution in [3.63, 3.8) is 0 Å². The number of carbonyl (C=O) groups is 2. The maximum Gasteiger partial charge on any atom is 0.273 e. The van der Waals surface area contributed by atoms with Crippen LogP contribution in [-0.4, -0.2) is 25.5 Å². The Balaban J connectivity index is 2.03. The third-order valence-electron chi connectivity index (χ3n) is 3.19. The molecule has 2 aromatic carbocycles. The Hall–Kier alpha value is -2.80. The molecule has 0 aromatic heterocycles. The van der Waals surface area contributed by atoms with E-state index in [4.69, 9.17) is 9.47 Å². The molecular formula is C18H17BrN2O4. The molecule has 2 N–H and O–H groups in total. The first-order valence-corrected chi connectivity index (χ1v) is 8.13. The van der Waals surface area contributed by atoms with Crippen LogP contribution in [0.3, 0.4) is 0 Å². The van der Waals surface area contributed by atoms with Crippen molar-refractivity contribution in [1.29, 1.82) is 0 Å². The van der Waals surface area contributed by atoms with Gasteiger partial charge in [-0.05, 0) is 46.3 Å². The number of hydrogen-bond donors (Lipinski definition) is 2. The molecule has 0 fully saturated rings. The van der Waals surface area contributed by atoms with E-state index in [0.717, 1.165) is 0 Å². The lowest BCUT2D eigenvalue weighted by molar-refractivity contribution is 0.0844. The van der Waals surface area contributed by atoms with E-state index in [1.165, 1.54) is 7.11 Å². The van der Waals surface area contributed by atoms with Gasteiger partial charge >= 0.3 is 0 Å². The van der Waals surface area contributed by atoms with Crippen LogP contribution in [0.1, 0.15) is 20.7 Å². The zero-order valence-electron chi connectivity index (χ0n) is 13.5. The van der Waals surface area contributed by atoms with Gasteiger partial charge in [-0.3, -0.25) is 20.4 Å². The lowest BCUT2D eigenvalue weighted by Gasteiger charge is -2.12. The van der Waals surface area contributed by atoms with Gasteiger partial charge < -0.3 is 9.47 Å². The van der Waals surface area contributed by atoms with Crippen LogP contribution in [0, 0.1) is 0 Å². The number of hydrogen-bond acceptors (Lipinski definition) is 4. The topological polar surface area (TPSA) is 76.7 Å². The van der Waals surface area contributed by atoms with Crippen molar-refractivity contribution >= 4 is 27.7 Å².